The van der Waals surface area contributed by atoms with Crippen LogP contribution in [0.3, 0.4) is 0 Å². The third-order valence-corrected chi connectivity index (χ3v) is 2.62. The zero-order valence-corrected chi connectivity index (χ0v) is 8.69. The fourth-order valence-corrected chi connectivity index (χ4v) is 1.81. The van der Waals surface area contributed by atoms with Crippen molar-refractivity contribution in [3.63, 3.8) is 0 Å². The summed E-state index contributed by atoms with van der Waals surface area (Å²) in [6, 6.07) is 0. The van der Waals surface area contributed by atoms with E-state index in [1.165, 1.54) is 25.9 Å². The lowest BCUT2D eigenvalue weighted by atomic mass is 10.4. The van der Waals surface area contributed by atoms with E-state index in [9.17, 15) is 4.79 Å². The predicted octanol–water partition coefficient (Wildman–Crippen LogP) is 0.449. The van der Waals surface area contributed by atoms with E-state index in [2.05, 4.69) is 15.0 Å². The van der Waals surface area contributed by atoms with Gasteiger partial charge >= 0.3 is 0 Å². The average Bonchev–Trinajstić information content (AvgIpc) is 2.85. The zero-order valence-electron chi connectivity index (χ0n) is 8.69. The van der Waals surface area contributed by atoms with Gasteiger partial charge in [-0.2, -0.15) is 4.98 Å². The van der Waals surface area contributed by atoms with E-state index < -0.39 is 0 Å². The van der Waals surface area contributed by atoms with Crippen LogP contribution in [0.1, 0.15) is 24.6 Å². The summed E-state index contributed by atoms with van der Waals surface area (Å²) in [5, 5.41) is 3.82. The van der Waals surface area contributed by atoms with Crippen molar-refractivity contribution in [2.24, 2.45) is 0 Å². The molecule has 0 aliphatic carbocycles. The van der Waals surface area contributed by atoms with Crippen LogP contribution in [0.2, 0.25) is 0 Å². The lowest BCUT2D eigenvalue weighted by Crippen LogP contribution is -2.22. The van der Waals surface area contributed by atoms with Gasteiger partial charge in [-0.05, 0) is 25.9 Å². The number of hydrogen-bond acceptors (Lipinski definition) is 5. The van der Waals surface area contributed by atoms with Gasteiger partial charge in [-0.25, -0.2) is 0 Å². The lowest BCUT2D eigenvalue weighted by molar-refractivity contribution is -0.107. The molecule has 0 atom stereocenters. The lowest BCUT2D eigenvalue weighted by Gasteiger charge is -2.11. The van der Waals surface area contributed by atoms with Crippen molar-refractivity contribution in [3.8, 4) is 0 Å². The van der Waals surface area contributed by atoms with Gasteiger partial charge in [0.25, 0.3) is 0 Å². The van der Waals surface area contributed by atoms with E-state index in [1.54, 1.807) is 0 Å². The van der Waals surface area contributed by atoms with Crippen LogP contribution in [-0.4, -0.2) is 41.0 Å². The number of likely N-dealkylation sites (tertiary alicyclic amines) is 1. The highest BCUT2D eigenvalue weighted by molar-refractivity contribution is 5.52. The first kappa shape index (κ1) is 10.3. The second kappa shape index (κ2) is 5.02. The molecule has 15 heavy (non-hydrogen) atoms. The highest BCUT2D eigenvalue weighted by Crippen LogP contribution is 2.08. The summed E-state index contributed by atoms with van der Waals surface area (Å²) in [7, 11) is 0. The van der Waals surface area contributed by atoms with Gasteiger partial charge in [0.2, 0.25) is 5.89 Å². The molecule has 1 aliphatic heterocycles. The summed E-state index contributed by atoms with van der Waals surface area (Å²) in [5.74, 6) is 1.13. The van der Waals surface area contributed by atoms with Crippen LogP contribution in [0.5, 0.6) is 0 Å². The van der Waals surface area contributed by atoms with E-state index in [0.717, 1.165) is 19.3 Å². The van der Waals surface area contributed by atoms with Crippen molar-refractivity contribution in [1.29, 1.82) is 0 Å². The first-order chi connectivity index (χ1) is 7.38. The Balaban J connectivity index is 1.79. The van der Waals surface area contributed by atoms with Crippen molar-refractivity contribution < 1.29 is 9.32 Å². The minimum Gasteiger partial charge on any atom is -0.339 e. The van der Waals surface area contributed by atoms with Gasteiger partial charge in [-0.1, -0.05) is 5.16 Å². The summed E-state index contributed by atoms with van der Waals surface area (Å²) in [6.45, 7) is 3.35. The number of rotatable bonds is 5. The van der Waals surface area contributed by atoms with E-state index >= 15 is 0 Å². The molecule has 2 heterocycles. The number of nitrogens with zero attached hydrogens (tertiary/aromatic N) is 3. The molecule has 82 valence electrons. The number of hydrogen-bond donors (Lipinski definition) is 0. The quantitative estimate of drug-likeness (QED) is 0.659. The molecule has 0 unspecified atom stereocenters. The summed E-state index contributed by atoms with van der Waals surface area (Å²) in [5.41, 5.74) is 0. The highest BCUT2D eigenvalue weighted by atomic mass is 16.5. The molecular formula is C10H15N3O2. The Kier molecular flexibility index (Phi) is 3.45. The van der Waals surface area contributed by atoms with Gasteiger partial charge in [-0.3, -0.25) is 0 Å². The molecule has 1 fully saturated rings. The number of aldehydes is 1. The maximum absolute atomic E-state index is 10.2. The summed E-state index contributed by atoms with van der Waals surface area (Å²) in [6.07, 6.45) is 4.39. The van der Waals surface area contributed by atoms with Gasteiger partial charge in [0, 0.05) is 13.0 Å². The van der Waals surface area contributed by atoms with Crippen LogP contribution in [0, 0.1) is 0 Å². The molecule has 0 N–H and O–H groups in total. The Labute approximate surface area is 88.5 Å². The minimum atomic E-state index is 0.219. The molecule has 1 aromatic heterocycles. The standard InChI is InChI=1S/C10H15N3O2/c14-8-4-10-11-9(12-15-10)3-7-13-5-1-2-6-13/h8H,1-7H2. The Hall–Kier alpha value is -1.23. The van der Waals surface area contributed by atoms with E-state index in [-0.39, 0.29) is 6.42 Å². The van der Waals surface area contributed by atoms with E-state index in [4.69, 9.17) is 4.52 Å². The van der Waals surface area contributed by atoms with Crippen LogP contribution in [0.4, 0.5) is 0 Å². The maximum Gasteiger partial charge on any atom is 0.233 e. The van der Waals surface area contributed by atoms with Gasteiger partial charge in [0.05, 0.1) is 6.42 Å². The molecule has 5 nitrogen and oxygen atoms in total. The molecular weight excluding hydrogens is 194 g/mol. The van der Waals surface area contributed by atoms with E-state index in [0.29, 0.717) is 11.7 Å². The van der Waals surface area contributed by atoms with Crippen molar-refractivity contribution in [1.82, 2.24) is 15.0 Å². The monoisotopic (exact) mass is 209 g/mol. The van der Waals surface area contributed by atoms with Crippen molar-refractivity contribution >= 4 is 6.29 Å². The highest BCUT2D eigenvalue weighted by Gasteiger charge is 2.12. The van der Waals surface area contributed by atoms with Crippen molar-refractivity contribution in [2.75, 3.05) is 19.6 Å². The molecule has 1 aliphatic rings. The third kappa shape index (κ3) is 2.86. The Morgan fingerprint density at radius 2 is 2.20 bits per heavy atom. The first-order valence-corrected chi connectivity index (χ1v) is 5.36. The second-order valence-corrected chi connectivity index (χ2v) is 3.77. The smallest absolute Gasteiger partial charge is 0.233 e. The Morgan fingerprint density at radius 3 is 2.93 bits per heavy atom. The molecule has 1 aromatic rings. The normalized spacial score (nSPS) is 17.1. The number of aromatic nitrogens is 2. The summed E-state index contributed by atoms with van der Waals surface area (Å²) >= 11 is 0. The summed E-state index contributed by atoms with van der Waals surface area (Å²) < 4.78 is 4.91. The van der Waals surface area contributed by atoms with E-state index in [1.807, 2.05) is 0 Å². The molecule has 2 rings (SSSR count). The fraction of sp³-hybridized carbons (Fsp3) is 0.700. The molecule has 0 saturated carbocycles. The summed E-state index contributed by atoms with van der Waals surface area (Å²) in [4.78, 5) is 16.7. The topological polar surface area (TPSA) is 59.2 Å². The Morgan fingerprint density at radius 1 is 1.40 bits per heavy atom. The van der Waals surface area contributed by atoms with Gasteiger partial charge < -0.3 is 14.2 Å². The van der Waals surface area contributed by atoms with Crippen LogP contribution >= 0.6 is 0 Å². The molecule has 1 saturated heterocycles. The van der Waals surface area contributed by atoms with Crippen molar-refractivity contribution in [2.45, 2.75) is 25.7 Å². The average molecular weight is 209 g/mol. The molecule has 0 aromatic carbocycles. The molecule has 0 bridgehead atoms. The third-order valence-electron chi connectivity index (χ3n) is 2.62. The zero-order chi connectivity index (χ0) is 10.5. The Bertz CT molecular complexity index is 318. The second-order valence-electron chi connectivity index (χ2n) is 3.77. The molecule has 5 heteroatoms. The molecule has 0 spiro atoms. The SMILES string of the molecule is O=CCc1nc(CCN2CCCC2)no1. The van der Waals surface area contributed by atoms with Gasteiger partial charge in [0.15, 0.2) is 5.82 Å². The van der Waals surface area contributed by atoms with Crippen LogP contribution in [0.15, 0.2) is 4.52 Å². The first-order valence-electron chi connectivity index (χ1n) is 5.36. The number of carbonyl (C=O) groups excluding carboxylic acids is 1. The minimum absolute atomic E-state index is 0.219. The number of carbonyl (C=O) groups is 1. The van der Waals surface area contributed by atoms with Gasteiger partial charge in [0.1, 0.15) is 6.29 Å². The van der Waals surface area contributed by atoms with Crippen LogP contribution in [-0.2, 0) is 17.6 Å². The van der Waals surface area contributed by atoms with Crippen molar-refractivity contribution in [3.05, 3.63) is 11.7 Å². The molecule has 0 amide bonds. The largest absolute Gasteiger partial charge is 0.339 e. The van der Waals surface area contributed by atoms with Crippen LogP contribution in [0.25, 0.3) is 0 Å². The van der Waals surface area contributed by atoms with Crippen LogP contribution < -0.4 is 0 Å². The fourth-order valence-electron chi connectivity index (χ4n) is 1.81. The van der Waals surface area contributed by atoms with Gasteiger partial charge in [-0.15, -0.1) is 0 Å². The predicted molar refractivity (Wildman–Crippen MR) is 53.4 cm³/mol. The molecule has 0 radical (unpaired) electrons. The maximum atomic E-state index is 10.2.